The van der Waals surface area contributed by atoms with Gasteiger partial charge in [0.25, 0.3) is 5.91 Å². The van der Waals surface area contributed by atoms with Crippen molar-refractivity contribution in [1.29, 1.82) is 0 Å². The van der Waals surface area contributed by atoms with E-state index in [9.17, 15) is 9.59 Å². The van der Waals surface area contributed by atoms with E-state index in [2.05, 4.69) is 5.32 Å². The maximum absolute atomic E-state index is 12.4. The molecule has 0 bridgehead atoms. The summed E-state index contributed by atoms with van der Waals surface area (Å²) in [5, 5.41) is 4.85. The SMILES string of the molecule is CCN(Cc1cccs1)C(=O)COc1ccc2c(c1)CCC(=O)N2. The highest BCUT2D eigenvalue weighted by Crippen LogP contribution is 2.26. The smallest absolute Gasteiger partial charge is 0.260 e. The molecule has 0 unspecified atom stereocenters. The Hall–Kier alpha value is -2.34. The molecule has 24 heavy (non-hydrogen) atoms. The lowest BCUT2D eigenvalue weighted by atomic mass is 10.0. The Morgan fingerprint density at radius 3 is 2.96 bits per heavy atom. The minimum Gasteiger partial charge on any atom is -0.484 e. The summed E-state index contributed by atoms with van der Waals surface area (Å²) < 4.78 is 5.66. The van der Waals surface area contributed by atoms with Crippen LogP contribution in [-0.4, -0.2) is 29.9 Å². The summed E-state index contributed by atoms with van der Waals surface area (Å²) >= 11 is 1.64. The first-order valence-electron chi connectivity index (χ1n) is 8.01. The second-order valence-corrected chi connectivity index (χ2v) is 6.68. The minimum atomic E-state index is -0.0306. The summed E-state index contributed by atoms with van der Waals surface area (Å²) in [4.78, 5) is 26.7. The maximum Gasteiger partial charge on any atom is 0.260 e. The second kappa shape index (κ2) is 7.49. The number of nitrogens with one attached hydrogen (secondary N) is 1. The first kappa shape index (κ1) is 16.5. The van der Waals surface area contributed by atoms with Crippen LogP contribution in [0.3, 0.4) is 0 Å². The van der Waals surface area contributed by atoms with E-state index in [1.807, 2.05) is 36.6 Å². The van der Waals surface area contributed by atoms with Gasteiger partial charge in [-0.2, -0.15) is 0 Å². The van der Waals surface area contributed by atoms with Crippen LogP contribution in [0.4, 0.5) is 5.69 Å². The highest BCUT2D eigenvalue weighted by molar-refractivity contribution is 7.09. The molecule has 0 saturated carbocycles. The predicted octanol–water partition coefficient (Wildman–Crippen LogP) is 3.06. The Balaban J connectivity index is 1.58. The molecule has 1 aromatic heterocycles. The summed E-state index contributed by atoms with van der Waals surface area (Å²) in [6.07, 6.45) is 1.19. The van der Waals surface area contributed by atoms with Crippen molar-refractivity contribution in [3.05, 3.63) is 46.2 Å². The number of likely N-dealkylation sites (N-methyl/N-ethyl adjacent to an activating group) is 1. The van der Waals surface area contributed by atoms with E-state index < -0.39 is 0 Å². The first-order valence-corrected chi connectivity index (χ1v) is 8.89. The topological polar surface area (TPSA) is 58.6 Å². The maximum atomic E-state index is 12.4. The molecule has 0 saturated heterocycles. The molecule has 5 nitrogen and oxygen atoms in total. The number of thiophene rings is 1. The van der Waals surface area contributed by atoms with Crippen molar-refractivity contribution in [1.82, 2.24) is 4.90 Å². The van der Waals surface area contributed by atoms with E-state index >= 15 is 0 Å². The normalized spacial score (nSPS) is 13.1. The zero-order chi connectivity index (χ0) is 16.9. The number of benzene rings is 1. The number of aryl methyl sites for hydroxylation is 1. The van der Waals surface area contributed by atoms with Crippen molar-refractivity contribution in [3.63, 3.8) is 0 Å². The molecule has 1 aliphatic rings. The number of carbonyl (C=O) groups is 2. The minimum absolute atomic E-state index is 0.0182. The molecule has 1 aliphatic heterocycles. The largest absolute Gasteiger partial charge is 0.484 e. The van der Waals surface area contributed by atoms with E-state index in [-0.39, 0.29) is 18.4 Å². The van der Waals surface area contributed by atoms with Gasteiger partial charge in [-0.1, -0.05) is 6.07 Å². The lowest BCUT2D eigenvalue weighted by molar-refractivity contribution is -0.133. The Morgan fingerprint density at radius 2 is 2.21 bits per heavy atom. The predicted molar refractivity (Wildman–Crippen MR) is 94.3 cm³/mol. The van der Waals surface area contributed by atoms with Crippen LogP contribution >= 0.6 is 11.3 Å². The van der Waals surface area contributed by atoms with Crippen LogP contribution < -0.4 is 10.1 Å². The number of hydrogen-bond donors (Lipinski definition) is 1. The van der Waals surface area contributed by atoms with Crippen LogP contribution in [0.15, 0.2) is 35.7 Å². The van der Waals surface area contributed by atoms with E-state index in [1.54, 1.807) is 22.3 Å². The molecule has 0 atom stereocenters. The molecular weight excluding hydrogens is 324 g/mol. The summed E-state index contributed by atoms with van der Waals surface area (Å²) in [6, 6.07) is 9.53. The third-order valence-electron chi connectivity index (χ3n) is 4.00. The van der Waals surface area contributed by atoms with Gasteiger partial charge in [0, 0.05) is 23.5 Å². The average Bonchev–Trinajstić information content (AvgIpc) is 3.10. The molecule has 3 rings (SSSR count). The van der Waals surface area contributed by atoms with Gasteiger partial charge in [-0.25, -0.2) is 0 Å². The molecule has 126 valence electrons. The zero-order valence-electron chi connectivity index (χ0n) is 13.6. The van der Waals surface area contributed by atoms with Crippen molar-refractivity contribution >= 4 is 28.8 Å². The fraction of sp³-hybridized carbons (Fsp3) is 0.333. The molecular formula is C18H20N2O3S. The Labute approximate surface area is 145 Å². The number of nitrogens with zero attached hydrogens (tertiary/aromatic N) is 1. The average molecular weight is 344 g/mol. The fourth-order valence-corrected chi connectivity index (χ4v) is 3.37. The van der Waals surface area contributed by atoms with Crippen LogP contribution in [0.25, 0.3) is 0 Å². The van der Waals surface area contributed by atoms with Crippen LogP contribution in [0.1, 0.15) is 23.8 Å². The summed E-state index contributed by atoms with van der Waals surface area (Å²) in [5.74, 6) is 0.667. The van der Waals surface area contributed by atoms with Crippen molar-refractivity contribution in [3.8, 4) is 5.75 Å². The second-order valence-electron chi connectivity index (χ2n) is 5.64. The van der Waals surface area contributed by atoms with Crippen molar-refractivity contribution in [2.24, 2.45) is 0 Å². The highest BCUT2D eigenvalue weighted by atomic mass is 32.1. The van der Waals surface area contributed by atoms with E-state index in [4.69, 9.17) is 4.74 Å². The Kier molecular flexibility index (Phi) is 5.15. The van der Waals surface area contributed by atoms with Gasteiger partial charge in [0.2, 0.25) is 5.91 Å². The number of carbonyl (C=O) groups excluding carboxylic acids is 2. The number of fused-ring (bicyclic) bond motifs is 1. The van der Waals surface area contributed by atoms with Gasteiger partial charge in [-0.3, -0.25) is 9.59 Å². The van der Waals surface area contributed by atoms with Crippen molar-refractivity contribution in [2.45, 2.75) is 26.3 Å². The van der Waals surface area contributed by atoms with E-state index in [1.165, 1.54) is 0 Å². The molecule has 2 heterocycles. The van der Waals surface area contributed by atoms with Crippen LogP contribution in [0.5, 0.6) is 5.75 Å². The number of anilines is 1. The zero-order valence-corrected chi connectivity index (χ0v) is 14.4. The van der Waals surface area contributed by atoms with Crippen LogP contribution in [0.2, 0.25) is 0 Å². The van der Waals surface area contributed by atoms with Crippen LogP contribution in [0, 0.1) is 0 Å². The summed E-state index contributed by atoms with van der Waals surface area (Å²) in [5.41, 5.74) is 1.88. The number of rotatable bonds is 6. The third-order valence-corrected chi connectivity index (χ3v) is 4.86. The standard InChI is InChI=1S/C18H20N2O3S/c1-2-20(11-15-4-3-9-24-15)18(22)12-23-14-6-7-16-13(10-14)5-8-17(21)19-16/h3-4,6-7,9-10H,2,5,8,11-12H2,1H3,(H,19,21). The molecule has 0 aliphatic carbocycles. The molecule has 0 spiro atoms. The summed E-state index contributed by atoms with van der Waals surface area (Å²) in [6.45, 7) is 3.25. The van der Waals surface area contributed by atoms with Gasteiger partial charge < -0.3 is 15.0 Å². The fourth-order valence-electron chi connectivity index (χ4n) is 2.65. The number of ether oxygens (including phenoxy) is 1. The lowest BCUT2D eigenvalue weighted by Crippen LogP contribution is -2.34. The molecule has 2 amide bonds. The van der Waals surface area contributed by atoms with Gasteiger partial charge in [0.05, 0.1) is 6.54 Å². The highest BCUT2D eigenvalue weighted by Gasteiger charge is 2.17. The van der Waals surface area contributed by atoms with E-state index in [0.717, 1.165) is 16.1 Å². The molecule has 0 fully saturated rings. The Morgan fingerprint density at radius 1 is 1.33 bits per heavy atom. The molecule has 6 heteroatoms. The quantitative estimate of drug-likeness (QED) is 0.876. The number of amides is 2. The number of hydrogen-bond acceptors (Lipinski definition) is 4. The monoisotopic (exact) mass is 344 g/mol. The van der Waals surface area contributed by atoms with Gasteiger partial charge in [-0.05, 0) is 48.6 Å². The van der Waals surface area contributed by atoms with Gasteiger partial charge >= 0.3 is 0 Å². The third kappa shape index (κ3) is 3.94. The first-order chi connectivity index (χ1) is 11.7. The van der Waals surface area contributed by atoms with Gasteiger partial charge in [0.15, 0.2) is 6.61 Å². The summed E-state index contributed by atoms with van der Waals surface area (Å²) in [7, 11) is 0. The molecule has 0 radical (unpaired) electrons. The van der Waals surface area contributed by atoms with Crippen molar-refractivity contribution < 1.29 is 14.3 Å². The lowest BCUT2D eigenvalue weighted by Gasteiger charge is -2.21. The van der Waals surface area contributed by atoms with Crippen molar-refractivity contribution in [2.75, 3.05) is 18.5 Å². The Bertz CT molecular complexity index is 728. The molecule has 2 aromatic rings. The molecule has 1 N–H and O–H groups in total. The van der Waals surface area contributed by atoms with Gasteiger partial charge in [-0.15, -0.1) is 11.3 Å². The molecule has 1 aromatic carbocycles. The van der Waals surface area contributed by atoms with Crippen LogP contribution in [-0.2, 0) is 22.6 Å². The van der Waals surface area contributed by atoms with Gasteiger partial charge in [0.1, 0.15) is 5.75 Å². The van der Waals surface area contributed by atoms with E-state index in [0.29, 0.717) is 31.7 Å².